The zero-order valence-electron chi connectivity index (χ0n) is 10.4. The molecule has 1 heterocycles. The minimum absolute atomic E-state index is 0.486. The molecule has 96 valence electrons. The Morgan fingerprint density at radius 1 is 1.05 bits per heavy atom. The third-order valence-corrected chi connectivity index (χ3v) is 3.38. The van der Waals surface area contributed by atoms with Gasteiger partial charge in [0.15, 0.2) is 0 Å². The third kappa shape index (κ3) is 2.36. The number of nitriles is 1. The monoisotopic (exact) mass is 324 g/mol. The van der Waals surface area contributed by atoms with Crippen molar-refractivity contribution in [3.63, 3.8) is 0 Å². The third-order valence-electron chi connectivity index (χ3n) is 2.89. The average Bonchev–Trinajstić information content (AvgIpc) is 2.49. The summed E-state index contributed by atoms with van der Waals surface area (Å²) >= 11 is 3.35. The van der Waals surface area contributed by atoms with Gasteiger partial charge >= 0.3 is 0 Å². The number of hydrogen-bond acceptors (Lipinski definition) is 3. The molecule has 1 aromatic heterocycles. The molecule has 0 fully saturated rings. The van der Waals surface area contributed by atoms with Gasteiger partial charge in [-0.05, 0) is 42.5 Å². The summed E-state index contributed by atoms with van der Waals surface area (Å²) in [6.07, 6.45) is 1.74. The summed E-state index contributed by atoms with van der Waals surface area (Å²) in [5.74, 6) is 1.22. The maximum Gasteiger partial charge on any atom is 0.145 e. The zero-order valence-corrected chi connectivity index (χ0v) is 12.0. The molecule has 0 saturated carbocycles. The van der Waals surface area contributed by atoms with Crippen LogP contribution in [0.5, 0.6) is 11.5 Å². The molecule has 4 heteroatoms. The van der Waals surface area contributed by atoms with E-state index >= 15 is 0 Å². The van der Waals surface area contributed by atoms with Crippen LogP contribution in [0.4, 0.5) is 0 Å². The predicted molar refractivity (Wildman–Crippen MR) is 80.7 cm³/mol. The Kier molecular flexibility index (Phi) is 3.36. The van der Waals surface area contributed by atoms with Crippen LogP contribution in [-0.4, -0.2) is 4.98 Å². The highest BCUT2D eigenvalue weighted by molar-refractivity contribution is 9.10. The van der Waals surface area contributed by atoms with Crippen LogP contribution in [0.3, 0.4) is 0 Å². The van der Waals surface area contributed by atoms with Gasteiger partial charge in [-0.3, -0.25) is 4.98 Å². The second kappa shape index (κ2) is 5.32. The van der Waals surface area contributed by atoms with E-state index in [9.17, 15) is 5.26 Å². The fourth-order valence-corrected chi connectivity index (χ4v) is 2.32. The largest absolute Gasteiger partial charge is 0.455 e. The number of rotatable bonds is 2. The summed E-state index contributed by atoms with van der Waals surface area (Å²) in [6.45, 7) is 0. The highest BCUT2D eigenvalue weighted by Crippen LogP contribution is 2.31. The lowest BCUT2D eigenvalue weighted by Crippen LogP contribution is -1.90. The topological polar surface area (TPSA) is 45.9 Å². The van der Waals surface area contributed by atoms with Crippen LogP contribution in [-0.2, 0) is 0 Å². The molecule has 0 spiro atoms. The molecule has 0 aliphatic rings. The maximum atomic E-state index is 9.17. The van der Waals surface area contributed by atoms with E-state index in [2.05, 4.69) is 27.0 Å². The van der Waals surface area contributed by atoms with Gasteiger partial charge in [0.05, 0.1) is 11.1 Å². The first-order valence-electron chi connectivity index (χ1n) is 5.99. The second-order valence-corrected chi connectivity index (χ2v) is 5.10. The second-order valence-electron chi connectivity index (χ2n) is 4.18. The molecule has 3 aromatic rings. The summed E-state index contributed by atoms with van der Waals surface area (Å²) in [6, 6.07) is 17.0. The van der Waals surface area contributed by atoms with E-state index in [-0.39, 0.29) is 0 Å². The van der Waals surface area contributed by atoms with Gasteiger partial charge in [-0.2, -0.15) is 5.26 Å². The standard InChI is InChI=1S/C16H9BrN2O/c17-12-6-7-15(11(9-12)10-18)20-16-5-1-4-14-13(16)3-2-8-19-14/h1-9H. The molecule has 0 atom stereocenters. The molecule has 20 heavy (non-hydrogen) atoms. The van der Waals surface area contributed by atoms with Crippen molar-refractivity contribution in [3.05, 3.63) is 64.8 Å². The molecule has 2 aromatic carbocycles. The first-order valence-corrected chi connectivity index (χ1v) is 6.78. The van der Waals surface area contributed by atoms with Crippen LogP contribution in [0.1, 0.15) is 5.56 Å². The minimum Gasteiger partial charge on any atom is -0.455 e. The Labute approximate surface area is 124 Å². The molecule has 0 N–H and O–H groups in total. The highest BCUT2D eigenvalue weighted by atomic mass is 79.9. The molecule has 0 saturated heterocycles. The quantitative estimate of drug-likeness (QED) is 0.688. The van der Waals surface area contributed by atoms with Gasteiger partial charge in [0.2, 0.25) is 0 Å². The number of halogens is 1. The molecule has 0 radical (unpaired) electrons. The van der Waals surface area contributed by atoms with Crippen LogP contribution < -0.4 is 4.74 Å². The predicted octanol–water partition coefficient (Wildman–Crippen LogP) is 4.66. The van der Waals surface area contributed by atoms with Gasteiger partial charge in [0, 0.05) is 16.1 Å². The molecule has 3 nitrogen and oxygen atoms in total. The molecule has 3 rings (SSSR count). The van der Waals surface area contributed by atoms with Crippen LogP contribution in [0.2, 0.25) is 0 Å². The molecule has 0 aliphatic carbocycles. The summed E-state index contributed by atoms with van der Waals surface area (Å²) < 4.78 is 6.73. The van der Waals surface area contributed by atoms with Gasteiger partial charge < -0.3 is 4.74 Å². The van der Waals surface area contributed by atoms with Crippen LogP contribution in [0.25, 0.3) is 10.9 Å². The Morgan fingerprint density at radius 3 is 2.80 bits per heavy atom. The van der Waals surface area contributed by atoms with E-state index in [0.29, 0.717) is 17.1 Å². The van der Waals surface area contributed by atoms with Crippen molar-refractivity contribution in [2.75, 3.05) is 0 Å². The fourth-order valence-electron chi connectivity index (χ4n) is 1.96. The number of aromatic nitrogens is 1. The zero-order chi connectivity index (χ0) is 13.9. The Balaban J connectivity index is 2.08. The molecule has 0 bridgehead atoms. The van der Waals surface area contributed by atoms with E-state index in [1.807, 2.05) is 36.4 Å². The highest BCUT2D eigenvalue weighted by Gasteiger charge is 2.08. The lowest BCUT2D eigenvalue weighted by atomic mass is 10.2. The van der Waals surface area contributed by atoms with Crippen LogP contribution in [0.15, 0.2) is 59.2 Å². The summed E-state index contributed by atoms with van der Waals surface area (Å²) in [5, 5.41) is 10.1. The van der Waals surface area contributed by atoms with Crippen molar-refractivity contribution in [2.45, 2.75) is 0 Å². The Hall–Kier alpha value is -2.38. The van der Waals surface area contributed by atoms with Gasteiger partial charge in [0.25, 0.3) is 0 Å². The van der Waals surface area contributed by atoms with Crippen LogP contribution >= 0.6 is 15.9 Å². The van der Waals surface area contributed by atoms with Crippen molar-refractivity contribution in [2.24, 2.45) is 0 Å². The first-order chi connectivity index (χ1) is 9.78. The molecule has 0 aliphatic heterocycles. The van der Waals surface area contributed by atoms with Gasteiger partial charge in [-0.15, -0.1) is 0 Å². The fraction of sp³-hybridized carbons (Fsp3) is 0. The smallest absolute Gasteiger partial charge is 0.145 e. The number of benzene rings is 2. The Bertz CT molecular complexity index is 819. The van der Waals surface area contributed by atoms with E-state index in [0.717, 1.165) is 15.4 Å². The normalized spacial score (nSPS) is 10.2. The van der Waals surface area contributed by atoms with Gasteiger partial charge in [-0.25, -0.2) is 0 Å². The molecular weight excluding hydrogens is 316 g/mol. The number of hydrogen-bond donors (Lipinski definition) is 0. The Morgan fingerprint density at radius 2 is 1.95 bits per heavy atom. The van der Waals surface area contributed by atoms with Crippen molar-refractivity contribution < 1.29 is 4.74 Å². The minimum atomic E-state index is 0.486. The van der Waals surface area contributed by atoms with Crippen molar-refractivity contribution in [3.8, 4) is 17.6 Å². The van der Waals surface area contributed by atoms with Gasteiger partial charge in [0.1, 0.15) is 17.6 Å². The van der Waals surface area contributed by atoms with E-state index in [4.69, 9.17) is 4.74 Å². The summed E-state index contributed by atoms with van der Waals surface area (Å²) in [4.78, 5) is 4.29. The lowest BCUT2D eigenvalue weighted by Gasteiger charge is -2.10. The van der Waals surface area contributed by atoms with Crippen molar-refractivity contribution in [1.82, 2.24) is 4.98 Å². The van der Waals surface area contributed by atoms with E-state index in [1.165, 1.54) is 0 Å². The first kappa shape index (κ1) is 12.6. The SMILES string of the molecule is N#Cc1cc(Br)ccc1Oc1cccc2ncccc12. The summed E-state index contributed by atoms with van der Waals surface area (Å²) in [7, 11) is 0. The molecular formula is C16H9BrN2O. The lowest BCUT2D eigenvalue weighted by molar-refractivity contribution is 0.486. The number of ether oxygens (including phenoxy) is 1. The van der Waals surface area contributed by atoms with Crippen molar-refractivity contribution >= 4 is 26.8 Å². The van der Waals surface area contributed by atoms with Crippen LogP contribution in [0, 0.1) is 11.3 Å². The average molecular weight is 325 g/mol. The van der Waals surface area contributed by atoms with E-state index in [1.54, 1.807) is 18.3 Å². The maximum absolute atomic E-state index is 9.17. The van der Waals surface area contributed by atoms with Crippen molar-refractivity contribution in [1.29, 1.82) is 5.26 Å². The molecule has 0 amide bonds. The summed E-state index contributed by atoms with van der Waals surface area (Å²) in [5.41, 5.74) is 1.35. The number of pyridine rings is 1. The van der Waals surface area contributed by atoms with E-state index < -0.39 is 0 Å². The molecule has 0 unspecified atom stereocenters. The number of nitrogens with zero attached hydrogens (tertiary/aromatic N) is 2. The number of fused-ring (bicyclic) bond motifs is 1. The van der Waals surface area contributed by atoms with Gasteiger partial charge in [-0.1, -0.05) is 22.0 Å².